The minimum atomic E-state index is 1.10. The van der Waals surface area contributed by atoms with E-state index in [-0.39, 0.29) is 0 Å². The van der Waals surface area contributed by atoms with Crippen LogP contribution in [0.2, 0.25) is 0 Å². The Hall–Kier alpha value is -7.68. The van der Waals surface area contributed by atoms with Gasteiger partial charge in [0.05, 0.1) is 11.0 Å². The number of rotatable bonds is 7. The fraction of sp³-hybridized carbons (Fsp3) is 0.138. The van der Waals surface area contributed by atoms with Crippen LogP contribution in [0.5, 0.6) is 0 Å². The van der Waals surface area contributed by atoms with E-state index in [1.165, 1.54) is 87.8 Å². The maximum absolute atomic E-state index is 3.51. The summed E-state index contributed by atoms with van der Waals surface area (Å²) in [7, 11) is 2.11. The van der Waals surface area contributed by atoms with Crippen molar-refractivity contribution in [1.29, 1.82) is 0 Å². The summed E-state index contributed by atoms with van der Waals surface area (Å²) in [5.74, 6) is 0. The third kappa shape index (κ3) is 11.2. The van der Waals surface area contributed by atoms with Crippen molar-refractivity contribution in [2.75, 3.05) is 11.9 Å². The van der Waals surface area contributed by atoms with Crippen LogP contribution in [0.3, 0.4) is 0 Å². The highest BCUT2D eigenvalue weighted by molar-refractivity contribution is 6.32. The van der Waals surface area contributed by atoms with Gasteiger partial charge in [-0.05, 0) is 132 Å². The zero-order valence-electron chi connectivity index (χ0n) is 40.7. The number of allylic oxidation sites excluding steroid dienone is 7. The first-order valence-electron chi connectivity index (χ1n) is 23.7. The first-order valence-corrected chi connectivity index (χ1v) is 23.7. The quantitative estimate of drug-likeness (QED) is 0.0880. The fourth-order valence-corrected chi connectivity index (χ4v) is 8.21. The van der Waals surface area contributed by atoms with Crippen molar-refractivity contribution in [1.82, 2.24) is 4.57 Å². The second-order valence-electron chi connectivity index (χ2n) is 15.8. The number of hydrogen-bond acceptors (Lipinski definition) is 1. The van der Waals surface area contributed by atoms with Crippen LogP contribution in [0.4, 0.5) is 11.4 Å². The van der Waals surface area contributed by atoms with E-state index in [4.69, 9.17) is 0 Å². The van der Waals surface area contributed by atoms with E-state index < -0.39 is 0 Å². The van der Waals surface area contributed by atoms with Crippen molar-refractivity contribution in [2.24, 2.45) is 0 Å². The van der Waals surface area contributed by atoms with Gasteiger partial charge in [0, 0.05) is 40.3 Å². The first-order chi connectivity index (χ1) is 33.0. The average Bonchev–Trinajstić information content (AvgIpc) is 3.76. The molecule has 0 unspecified atom stereocenters. The van der Waals surface area contributed by atoms with Crippen molar-refractivity contribution < 1.29 is 0 Å². The van der Waals surface area contributed by atoms with E-state index in [0.29, 0.717) is 0 Å². The summed E-state index contributed by atoms with van der Waals surface area (Å²) in [5, 5.41) is 10.2. The number of benzene rings is 9. The SMILES string of the molecule is C/C=C\C.C/C=C\C.C=C/C=C\CC.CC.CN(c1ccccc1)c1ccc(-c2ccc(-c3ccc4c(c3)c3c5ccccc5c5ccccc5c3n4-c3ccc4ccccc4c3)cc2)cc1. The van der Waals surface area contributed by atoms with Crippen molar-refractivity contribution in [3.8, 4) is 27.9 Å². The number of aromatic nitrogens is 1. The minimum Gasteiger partial charge on any atom is -0.345 e. The summed E-state index contributed by atoms with van der Waals surface area (Å²) >= 11 is 0. The van der Waals surface area contributed by atoms with Crippen LogP contribution < -0.4 is 4.90 Å². The number of hydrogen-bond donors (Lipinski definition) is 0. The molecule has 0 amide bonds. The average molecular weight is 875 g/mol. The van der Waals surface area contributed by atoms with E-state index in [0.717, 1.165) is 12.1 Å². The molecular formula is C65H66N2. The number of para-hydroxylation sites is 1. The molecule has 1 heterocycles. The highest BCUT2D eigenvalue weighted by Crippen LogP contribution is 2.44. The molecule has 0 N–H and O–H groups in total. The standard InChI is InChI=1S/C49H34N2.C6H10.2C4H8.C2H6/c1-50(39-13-3-2-4-14-39)40-27-23-35(24-28-40)34-19-21-36(22-20-34)38-26-30-47-46(32-38)48-44-17-9-7-15-42(44)43-16-8-10-18-45(43)49(48)51(47)41-29-25-33-11-5-6-12-37(33)31-41;1-3-5-6-4-2;2*1-3-4-2;1-2/h2-32H,1H3;3,5-6H,1,4H2,2H3;2*3-4H,1-2H3;1-2H3/b;6-5-;2*4-3-;. The van der Waals surface area contributed by atoms with Gasteiger partial charge in [-0.1, -0.05) is 209 Å². The molecule has 0 aliphatic rings. The van der Waals surface area contributed by atoms with Gasteiger partial charge in [-0.2, -0.15) is 0 Å². The topological polar surface area (TPSA) is 8.17 Å². The van der Waals surface area contributed by atoms with Crippen LogP contribution in [0.1, 0.15) is 54.9 Å². The Morgan fingerprint density at radius 2 is 0.940 bits per heavy atom. The van der Waals surface area contributed by atoms with Crippen LogP contribution in [0.15, 0.2) is 237 Å². The molecule has 0 bridgehead atoms. The smallest absolute Gasteiger partial charge is 0.0625 e. The molecule has 10 aromatic rings. The molecule has 0 fully saturated rings. The molecule has 0 saturated heterocycles. The van der Waals surface area contributed by atoms with Gasteiger partial charge in [0.1, 0.15) is 0 Å². The fourth-order valence-electron chi connectivity index (χ4n) is 8.21. The molecule has 0 aliphatic heterocycles. The van der Waals surface area contributed by atoms with Crippen molar-refractivity contribution in [2.45, 2.75) is 54.9 Å². The lowest BCUT2D eigenvalue weighted by molar-refractivity contribution is 1.19. The molecule has 0 aliphatic carbocycles. The second kappa shape index (κ2) is 24.6. The Labute approximate surface area is 400 Å². The lowest BCUT2D eigenvalue weighted by Crippen LogP contribution is -2.08. The summed E-state index contributed by atoms with van der Waals surface area (Å²) in [6.07, 6.45) is 14.9. The molecule has 0 saturated carbocycles. The van der Waals surface area contributed by atoms with E-state index >= 15 is 0 Å². The van der Waals surface area contributed by atoms with Gasteiger partial charge in [-0.3, -0.25) is 0 Å². The van der Waals surface area contributed by atoms with Crippen molar-refractivity contribution in [3.05, 3.63) is 237 Å². The van der Waals surface area contributed by atoms with E-state index in [9.17, 15) is 0 Å². The molecule has 2 nitrogen and oxygen atoms in total. The molecule has 9 aromatic carbocycles. The summed E-state index contributed by atoms with van der Waals surface area (Å²) in [5.41, 5.74) is 10.8. The molecule has 0 atom stereocenters. The molecular weight excluding hydrogens is 809 g/mol. The lowest BCUT2D eigenvalue weighted by atomic mass is 9.95. The molecule has 0 spiro atoms. The molecule has 336 valence electrons. The lowest BCUT2D eigenvalue weighted by Gasteiger charge is -2.19. The van der Waals surface area contributed by atoms with Gasteiger partial charge in [-0.15, -0.1) is 0 Å². The van der Waals surface area contributed by atoms with Crippen LogP contribution in [-0.2, 0) is 0 Å². The predicted molar refractivity (Wildman–Crippen MR) is 301 cm³/mol. The maximum Gasteiger partial charge on any atom is 0.0625 e. The molecule has 2 heteroatoms. The van der Waals surface area contributed by atoms with Gasteiger partial charge in [-0.25, -0.2) is 0 Å². The normalized spacial score (nSPS) is 10.9. The third-order valence-electron chi connectivity index (χ3n) is 11.8. The third-order valence-corrected chi connectivity index (χ3v) is 11.8. The van der Waals surface area contributed by atoms with E-state index in [1.807, 2.05) is 71.9 Å². The van der Waals surface area contributed by atoms with Crippen LogP contribution in [-0.4, -0.2) is 11.6 Å². The maximum atomic E-state index is 3.51. The van der Waals surface area contributed by atoms with Gasteiger partial charge in [0.15, 0.2) is 0 Å². The largest absolute Gasteiger partial charge is 0.345 e. The second-order valence-corrected chi connectivity index (χ2v) is 15.8. The Morgan fingerprint density at radius 3 is 1.51 bits per heavy atom. The molecule has 0 radical (unpaired) electrons. The van der Waals surface area contributed by atoms with Crippen LogP contribution in [0.25, 0.3) is 82.1 Å². The highest BCUT2D eigenvalue weighted by Gasteiger charge is 2.20. The minimum absolute atomic E-state index is 1.10. The monoisotopic (exact) mass is 875 g/mol. The van der Waals surface area contributed by atoms with Crippen LogP contribution in [0, 0.1) is 0 Å². The number of anilines is 2. The van der Waals surface area contributed by atoms with Gasteiger partial charge >= 0.3 is 0 Å². The summed E-state index contributed by atoms with van der Waals surface area (Å²) in [6.45, 7) is 17.6. The first kappa shape index (κ1) is 48.8. The number of nitrogens with zero attached hydrogens (tertiary/aromatic N) is 2. The zero-order chi connectivity index (χ0) is 47.5. The number of fused-ring (bicyclic) bond motifs is 9. The summed E-state index contributed by atoms with van der Waals surface area (Å²) in [6, 6.07) is 68.6. The van der Waals surface area contributed by atoms with Crippen molar-refractivity contribution >= 4 is 65.5 Å². The zero-order valence-corrected chi connectivity index (χ0v) is 40.7. The Morgan fingerprint density at radius 1 is 0.463 bits per heavy atom. The summed E-state index contributed by atoms with van der Waals surface area (Å²) in [4.78, 5) is 2.21. The Balaban J connectivity index is 0.000000406. The van der Waals surface area contributed by atoms with Crippen LogP contribution >= 0.6 is 0 Å². The van der Waals surface area contributed by atoms with Gasteiger partial charge in [0.25, 0.3) is 0 Å². The molecule has 1 aromatic heterocycles. The Kier molecular flexibility index (Phi) is 17.9. The van der Waals surface area contributed by atoms with Gasteiger partial charge in [0.2, 0.25) is 0 Å². The van der Waals surface area contributed by atoms with Crippen molar-refractivity contribution in [3.63, 3.8) is 0 Å². The van der Waals surface area contributed by atoms with E-state index in [2.05, 4.69) is 224 Å². The van der Waals surface area contributed by atoms with E-state index in [1.54, 1.807) is 6.08 Å². The summed E-state index contributed by atoms with van der Waals surface area (Å²) < 4.78 is 2.48. The molecule has 67 heavy (non-hydrogen) atoms. The van der Waals surface area contributed by atoms with Gasteiger partial charge < -0.3 is 9.47 Å². The molecule has 10 rings (SSSR count). The predicted octanol–water partition coefficient (Wildman–Crippen LogP) is 19.7. The Bertz CT molecular complexity index is 3220. The highest BCUT2D eigenvalue weighted by atomic mass is 15.1.